The van der Waals surface area contributed by atoms with E-state index in [-0.39, 0.29) is 23.5 Å². The summed E-state index contributed by atoms with van der Waals surface area (Å²) in [4.78, 5) is 11.8. The number of nitrogens with one attached hydrogen (secondary N) is 1. The molecule has 0 radical (unpaired) electrons. The van der Waals surface area contributed by atoms with Crippen LogP contribution in [0.25, 0.3) is 0 Å². The zero-order valence-corrected chi connectivity index (χ0v) is 10.7. The Kier molecular flexibility index (Phi) is 3.97. The van der Waals surface area contributed by atoms with E-state index in [9.17, 15) is 9.90 Å². The van der Waals surface area contributed by atoms with E-state index in [2.05, 4.69) is 5.32 Å². The summed E-state index contributed by atoms with van der Waals surface area (Å²) in [5.74, 6) is 0.319. The highest BCUT2D eigenvalue weighted by atomic mass is 16.3. The Bertz CT molecular complexity index is 264. The number of nitrogens with two attached hydrogens (primary N) is 1. The maximum atomic E-state index is 11.8. The lowest BCUT2D eigenvalue weighted by atomic mass is 9.64. The van der Waals surface area contributed by atoms with Crippen molar-refractivity contribution < 1.29 is 9.90 Å². The van der Waals surface area contributed by atoms with Crippen molar-refractivity contribution in [1.82, 2.24) is 5.32 Å². The van der Waals surface area contributed by atoms with E-state index in [0.29, 0.717) is 18.8 Å². The van der Waals surface area contributed by atoms with Gasteiger partial charge in [-0.15, -0.1) is 0 Å². The summed E-state index contributed by atoms with van der Waals surface area (Å²) in [6.07, 6.45) is 1.01. The summed E-state index contributed by atoms with van der Waals surface area (Å²) in [6, 6.07) is -0.387. The predicted octanol–water partition coefficient (Wildman–Crippen LogP) is 0.635. The molecule has 3 atom stereocenters. The normalized spacial score (nSPS) is 29.7. The molecule has 0 heterocycles. The monoisotopic (exact) mass is 228 g/mol. The summed E-state index contributed by atoms with van der Waals surface area (Å²) in [6.45, 7) is 8.01. The molecule has 16 heavy (non-hydrogen) atoms. The van der Waals surface area contributed by atoms with Crippen molar-refractivity contribution in [3.63, 3.8) is 0 Å². The van der Waals surface area contributed by atoms with E-state index < -0.39 is 6.04 Å². The Morgan fingerprint density at radius 2 is 2.12 bits per heavy atom. The van der Waals surface area contributed by atoms with Gasteiger partial charge < -0.3 is 16.2 Å². The molecule has 1 rings (SSSR count). The van der Waals surface area contributed by atoms with Crippen molar-refractivity contribution in [1.29, 1.82) is 0 Å². The highest BCUT2D eigenvalue weighted by Crippen LogP contribution is 2.40. The number of carbonyl (C=O) groups excluding carboxylic acids is 1. The number of hydrogen-bond donors (Lipinski definition) is 3. The lowest BCUT2D eigenvalue weighted by Gasteiger charge is -2.49. The van der Waals surface area contributed by atoms with Crippen molar-refractivity contribution in [3.8, 4) is 0 Å². The minimum Gasteiger partial charge on any atom is -0.392 e. The summed E-state index contributed by atoms with van der Waals surface area (Å²) < 4.78 is 0. The summed E-state index contributed by atoms with van der Waals surface area (Å²) in [7, 11) is 0. The molecule has 1 fully saturated rings. The molecule has 4 nitrogen and oxygen atoms in total. The number of carbonyl (C=O) groups is 1. The molecule has 1 amide bonds. The molecule has 0 aromatic carbocycles. The lowest BCUT2D eigenvalue weighted by Crippen LogP contribution is -2.63. The van der Waals surface area contributed by atoms with E-state index in [0.717, 1.165) is 0 Å². The highest BCUT2D eigenvalue weighted by Gasteiger charge is 2.48. The van der Waals surface area contributed by atoms with E-state index in [1.165, 1.54) is 0 Å². The average molecular weight is 228 g/mol. The Hall–Kier alpha value is -0.610. The van der Waals surface area contributed by atoms with E-state index in [1.807, 2.05) is 27.7 Å². The third kappa shape index (κ3) is 2.74. The first-order chi connectivity index (χ1) is 7.25. The molecule has 2 unspecified atom stereocenters. The summed E-state index contributed by atoms with van der Waals surface area (Å²) >= 11 is 0. The van der Waals surface area contributed by atoms with Crippen LogP contribution in [-0.4, -0.2) is 29.2 Å². The van der Waals surface area contributed by atoms with Crippen LogP contribution in [0.3, 0.4) is 0 Å². The fraction of sp³-hybridized carbons (Fsp3) is 0.917. The van der Waals surface area contributed by atoms with E-state index >= 15 is 0 Å². The number of hydrogen-bond acceptors (Lipinski definition) is 3. The number of rotatable bonds is 4. The van der Waals surface area contributed by atoms with Gasteiger partial charge in [0.15, 0.2) is 0 Å². The molecular weight excluding hydrogens is 204 g/mol. The van der Waals surface area contributed by atoms with Crippen molar-refractivity contribution in [2.45, 2.75) is 58.7 Å². The van der Waals surface area contributed by atoms with Crippen molar-refractivity contribution >= 4 is 5.91 Å². The van der Waals surface area contributed by atoms with Gasteiger partial charge >= 0.3 is 0 Å². The van der Waals surface area contributed by atoms with E-state index in [1.54, 1.807) is 0 Å². The first-order valence-electron chi connectivity index (χ1n) is 5.99. The first-order valence-corrected chi connectivity index (χ1v) is 5.99. The third-order valence-electron chi connectivity index (χ3n) is 3.59. The van der Waals surface area contributed by atoms with Crippen LogP contribution in [0, 0.1) is 11.3 Å². The van der Waals surface area contributed by atoms with Crippen molar-refractivity contribution in [3.05, 3.63) is 0 Å². The molecule has 1 aliphatic carbocycles. The van der Waals surface area contributed by atoms with Crippen molar-refractivity contribution in [2.75, 3.05) is 0 Å². The molecular formula is C12H24N2O2. The molecule has 0 aromatic rings. The number of aliphatic hydroxyl groups excluding tert-OH is 1. The second kappa shape index (κ2) is 4.72. The molecule has 0 saturated heterocycles. The van der Waals surface area contributed by atoms with Crippen LogP contribution in [0.2, 0.25) is 0 Å². The number of amides is 1. The second-order valence-electron chi connectivity index (χ2n) is 5.87. The Labute approximate surface area is 97.6 Å². The zero-order valence-electron chi connectivity index (χ0n) is 10.7. The zero-order chi connectivity index (χ0) is 12.5. The fourth-order valence-corrected chi connectivity index (χ4v) is 2.04. The molecule has 1 saturated carbocycles. The van der Waals surface area contributed by atoms with Gasteiger partial charge in [0.25, 0.3) is 0 Å². The molecule has 4 N–H and O–H groups in total. The van der Waals surface area contributed by atoms with Gasteiger partial charge in [0.05, 0.1) is 12.1 Å². The van der Waals surface area contributed by atoms with Crippen LogP contribution in [0.4, 0.5) is 0 Å². The van der Waals surface area contributed by atoms with Crippen LogP contribution < -0.4 is 11.1 Å². The second-order valence-corrected chi connectivity index (χ2v) is 5.87. The van der Waals surface area contributed by atoms with Gasteiger partial charge in [-0.3, -0.25) is 4.79 Å². The fourth-order valence-electron chi connectivity index (χ4n) is 2.04. The van der Waals surface area contributed by atoms with Gasteiger partial charge in [-0.1, -0.05) is 27.7 Å². The van der Waals surface area contributed by atoms with Gasteiger partial charge in [0.1, 0.15) is 0 Å². The molecule has 0 spiro atoms. The Morgan fingerprint density at radius 3 is 2.50 bits per heavy atom. The van der Waals surface area contributed by atoms with Crippen LogP contribution in [0.1, 0.15) is 40.5 Å². The maximum absolute atomic E-state index is 11.8. The van der Waals surface area contributed by atoms with Crippen LogP contribution >= 0.6 is 0 Å². The topological polar surface area (TPSA) is 75.4 Å². The summed E-state index contributed by atoms with van der Waals surface area (Å²) in [5.41, 5.74) is 5.56. The average Bonchev–Trinajstić information content (AvgIpc) is 2.16. The van der Waals surface area contributed by atoms with Crippen molar-refractivity contribution in [2.24, 2.45) is 17.1 Å². The molecule has 1 aliphatic rings. The lowest BCUT2D eigenvalue weighted by molar-refractivity contribution is -0.130. The van der Waals surface area contributed by atoms with Crippen LogP contribution in [-0.2, 0) is 4.79 Å². The first kappa shape index (κ1) is 13.5. The minimum atomic E-state index is -0.437. The quantitative estimate of drug-likeness (QED) is 0.661. The Balaban J connectivity index is 2.41. The van der Waals surface area contributed by atoms with Gasteiger partial charge in [-0.05, 0) is 18.8 Å². The summed E-state index contributed by atoms with van der Waals surface area (Å²) in [5, 5.41) is 12.5. The molecule has 0 aliphatic heterocycles. The van der Waals surface area contributed by atoms with Gasteiger partial charge in [0.2, 0.25) is 5.91 Å². The molecule has 94 valence electrons. The minimum absolute atomic E-state index is 0.0493. The SMILES string of the molecule is CC(C)C[C@@H](N)C(=O)NC1CC(O)C1(C)C. The van der Waals surface area contributed by atoms with E-state index in [4.69, 9.17) is 5.73 Å². The smallest absolute Gasteiger partial charge is 0.237 e. The van der Waals surface area contributed by atoms with Gasteiger partial charge in [-0.2, -0.15) is 0 Å². The third-order valence-corrected chi connectivity index (χ3v) is 3.59. The maximum Gasteiger partial charge on any atom is 0.237 e. The Morgan fingerprint density at radius 1 is 1.56 bits per heavy atom. The van der Waals surface area contributed by atoms with Crippen LogP contribution in [0.5, 0.6) is 0 Å². The van der Waals surface area contributed by atoms with Gasteiger partial charge in [-0.25, -0.2) is 0 Å². The predicted molar refractivity (Wildman–Crippen MR) is 63.8 cm³/mol. The number of aliphatic hydroxyl groups is 1. The van der Waals surface area contributed by atoms with Crippen LogP contribution in [0.15, 0.2) is 0 Å². The van der Waals surface area contributed by atoms with Gasteiger partial charge in [0, 0.05) is 11.5 Å². The standard InChI is InChI=1S/C12H24N2O2/c1-7(2)5-8(13)11(16)14-9-6-10(15)12(9,3)4/h7-10,15H,5-6,13H2,1-4H3,(H,14,16)/t8-,9?,10?/m1/s1. The highest BCUT2D eigenvalue weighted by molar-refractivity contribution is 5.82. The molecule has 4 heteroatoms. The largest absolute Gasteiger partial charge is 0.392 e. The molecule has 0 aromatic heterocycles. The molecule has 0 bridgehead atoms.